The van der Waals surface area contributed by atoms with Crippen LogP contribution in [0.1, 0.15) is 12.0 Å². The Morgan fingerprint density at radius 2 is 2.23 bits per heavy atom. The highest BCUT2D eigenvalue weighted by Gasteiger charge is 2.09. The highest BCUT2D eigenvalue weighted by Crippen LogP contribution is 2.23. The first-order valence-corrected chi connectivity index (χ1v) is 7.21. The number of pyridine rings is 1. The summed E-state index contributed by atoms with van der Waals surface area (Å²) in [5.41, 5.74) is 0.877. The summed E-state index contributed by atoms with van der Waals surface area (Å²) in [6.07, 6.45) is 2.69. The molecule has 0 atom stereocenters. The average Bonchev–Trinajstić information content (AvgIpc) is 2.55. The molecule has 1 aromatic carbocycles. The lowest BCUT2D eigenvalue weighted by molar-refractivity contribution is 0.450. The number of hydrogen-bond donors (Lipinski definition) is 2. The lowest BCUT2D eigenvalue weighted by atomic mass is 10.2. The molecule has 0 fully saturated rings. The van der Waals surface area contributed by atoms with E-state index < -0.39 is 0 Å². The van der Waals surface area contributed by atoms with Gasteiger partial charge in [-0.25, -0.2) is 9.37 Å². The summed E-state index contributed by atoms with van der Waals surface area (Å²) in [6, 6.07) is 9.76. The first-order chi connectivity index (χ1) is 10.8. The van der Waals surface area contributed by atoms with Gasteiger partial charge in [-0.05, 0) is 24.6 Å². The third-order valence-corrected chi connectivity index (χ3v) is 3.20. The predicted octanol–water partition coefficient (Wildman–Crippen LogP) is 2.45. The Morgan fingerprint density at radius 3 is 3.05 bits per heavy atom. The van der Waals surface area contributed by atoms with Gasteiger partial charge in [0.05, 0.1) is 0 Å². The Morgan fingerprint density at radius 1 is 1.27 bits per heavy atom. The van der Waals surface area contributed by atoms with Crippen molar-refractivity contribution in [1.82, 2.24) is 15.6 Å². The van der Waals surface area contributed by atoms with Crippen molar-refractivity contribution in [1.29, 1.82) is 0 Å². The zero-order valence-electron chi connectivity index (χ0n) is 12.1. The molecule has 0 spiro atoms. The van der Waals surface area contributed by atoms with Gasteiger partial charge >= 0.3 is 0 Å². The maximum absolute atomic E-state index is 13.2. The van der Waals surface area contributed by atoms with E-state index in [0.29, 0.717) is 18.2 Å². The second kappa shape index (κ2) is 6.89. The van der Waals surface area contributed by atoms with E-state index in [9.17, 15) is 4.39 Å². The average molecular weight is 300 g/mol. The highest BCUT2D eigenvalue weighted by molar-refractivity contribution is 5.80. The van der Waals surface area contributed by atoms with E-state index >= 15 is 0 Å². The van der Waals surface area contributed by atoms with Crippen molar-refractivity contribution in [3.63, 3.8) is 0 Å². The molecule has 0 aliphatic carbocycles. The van der Waals surface area contributed by atoms with Gasteiger partial charge in [-0.15, -0.1) is 0 Å². The Labute approximate surface area is 128 Å². The topological polar surface area (TPSA) is 58.5 Å². The van der Waals surface area contributed by atoms with Gasteiger partial charge in [0.2, 0.25) is 5.88 Å². The van der Waals surface area contributed by atoms with Crippen LogP contribution in [0.3, 0.4) is 0 Å². The second-order valence-electron chi connectivity index (χ2n) is 4.89. The predicted molar refractivity (Wildman–Crippen MR) is 82.5 cm³/mol. The maximum atomic E-state index is 13.2. The van der Waals surface area contributed by atoms with Crippen molar-refractivity contribution in [3.8, 4) is 11.6 Å². The van der Waals surface area contributed by atoms with Crippen molar-refractivity contribution < 1.29 is 9.13 Å². The van der Waals surface area contributed by atoms with Crippen molar-refractivity contribution in [3.05, 3.63) is 54.0 Å². The summed E-state index contributed by atoms with van der Waals surface area (Å²) in [4.78, 5) is 8.58. The van der Waals surface area contributed by atoms with E-state index in [1.807, 2.05) is 12.1 Å². The molecule has 3 rings (SSSR count). The van der Waals surface area contributed by atoms with Crippen LogP contribution in [0.4, 0.5) is 4.39 Å². The first-order valence-electron chi connectivity index (χ1n) is 7.21. The van der Waals surface area contributed by atoms with Crippen LogP contribution in [-0.4, -0.2) is 24.0 Å². The molecule has 0 unspecified atom stereocenters. The minimum atomic E-state index is -0.339. The van der Waals surface area contributed by atoms with Gasteiger partial charge in [0, 0.05) is 37.5 Å². The van der Waals surface area contributed by atoms with Crippen molar-refractivity contribution in [2.75, 3.05) is 13.1 Å². The summed E-state index contributed by atoms with van der Waals surface area (Å²) in [5.74, 6) is 1.32. The van der Waals surface area contributed by atoms with Gasteiger partial charge in [-0.3, -0.25) is 4.99 Å². The molecular formula is C16H17FN4O. The Kier molecular flexibility index (Phi) is 4.48. The van der Waals surface area contributed by atoms with Crippen LogP contribution in [0.15, 0.2) is 47.6 Å². The van der Waals surface area contributed by atoms with Crippen LogP contribution in [0, 0.1) is 5.82 Å². The number of nitrogens with zero attached hydrogens (tertiary/aromatic N) is 2. The summed E-state index contributed by atoms with van der Waals surface area (Å²) in [7, 11) is 0. The number of guanidine groups is 1. The smallest absolute Gasteiger partial charge is 0.224 e. The van der Waals surface area contributed by atoms with Crippen LogP contribution >= 0.6 is 0 Å². The molecular weight excluding hydrogens is 283 g/mol. The van der Waals surface area contributed by atoms with Gasteiger partial charge < -0.3 is 15.4 Å². The standard InChI is InChI=1S/C16H17FN4O/c17-13-5-1-6-14(10-13)22-15-12(4-2-7-18-15)11-21-16-19-8-3-9-20-16/h1-2,4-7,10H,3,8-9,11H2,(H2,19,20,21). The fourth-order valence-corrected chi connectivity index (χ4v) is 2.12. The Bertz CT molecular complexity index is 675. The normalized spacial score (nSPS) is 14.0. The summed E-state index contributed by atoms with van der Waals surface area (Å²) < 4.78 is 18.9. The summed E-state index contributed by atoms with van der Waals surface area (Å²) >= 11 is 0. The Hall–Kier alpha value is -2.63. The molecule has 0 saturated carbocycles. The fraction of sp³-hybridized carbons (Fsp3) is 0.250. The molecule has 2 N–H and O–H groups in total. The molecule has 22 heavy (non-hydrogen) atoms. The van der Waals surface area contributed by atoms with Crippen LogP contribution < -0.4 is 15.4 Å². The number of hydrogen-bond acceptors (Lipinski definition) is 5. The molecule has 2 aromatic rings. The van der Waals surface area contributed by atoms with Crippen molar-refractivity contribution in [2.45, 2.75) is 13.0 Å². The lowest BCUT2D eigenvalue weighted by Crippen LogP contribution is -2.40. The molecule has 1 aromatic heterocycles. The Balaban J connectivity index is 1.70. The maximum Gasteiger partial charge on any atom is 0.224 e. The fourth-order valence-electron chi connectivity index (χ4n) is 2.12. The van der Waals surface area contributed by atoms with Gasteiger partial charge in [-0.1, -0.05) is 12.1 Å². The lowest BCUT2D eigenvalue weighted by Gasteiger charge is -2.17. The molecule has 6 heteroatoms. The van der Waals surface area contributed by atoms with E-state index in [4.69, 9.17) is 4.74 Å². The summed E-state index contributed by atoms with van der Waals surface area (Å²) in [5, 5.41) is 6.41. The quantitative estimate of drug-likeness (QED) is 0.910. The number of rotatable bonds is 4. The number of benzene rings is 1. The van der Waals surface area contributed by atoms with Crippen LogP contribution in [-0.2, 0) is 6.54 Å². The number of halogens is 1. The second-order valence-corrected chi connectivity index (χ2v) is 4.89. The largest absolute Gasteiger partial charge is 0.439 e. The van der Waals surface area contributed by atoms with Gasteiger partial charge in [0.1, 0.15) is 11.6 Å². The third-order valence-electron chi connectivity index (χ3n) is 3.20. The van der Waals surface area contributed by atoms with E-state index in [1.165, 1.54) is 12.1 Å². The molecule has 0 bridgehead atoms. The number of aromatic nitrogens is 1. The molecule has 1 aliphatic heterocycles. The molecule has 1 aliphatic rings. The minimum absolute atomic E-state index is 0.339. The van der Waals surface area contributed by atoms with Crippen LogP contribution in [0.25, 0.3) is 0 Å². The molecule has 114 valence electrons. The SMILES string of the molecule is Fc1cccc(Oc2ncccc2CNC2=NCCCN2)c1. The third kappa shape index (κ3) is 3.72. The molecule has 0 amide bonds. The van der Waals surface area contributed by atoms with Gasteiger partial charge in [-0.2, -0.15) is 0 Å². The van der Waals surface area contributed by atoms with Gasteiger partial charge in [0.15, 0.2) is 5.96 Å². The summed E-state index contributed by atoms with van der Waals surface area (Å²) in [6.45, 7) is 2.28. The van der Waals surface area contributed by atoms with E-state index in [1.54, 1.807) is 18.3 Å². The van der Waals surface area contributed by atoms with E-state index in [2.05, 4.69) is 20.6 Å². The number of nitrogens with one attached hydrogen (secondary N) is 2. The van der Waals surface area contributed by atoms with Crippen molar-refractivity contribution in [2.24, 2.45) is 4.99 Å². The molecule has 2 heterocycles. The number of aliphatic imine (C=N–C) groups is 1. The van der Waals surface area contributed by atoms with Crippen LogP contribution in [0.5, 0.6) is 11.6 Å². The zero-order valence-corrected chi connectivity index (χ0v) is 12.1. The minimum Gasteiger partial charge on any atom is -0.439 e. The molecule has 0 radical (unpaired) electrons. The number of ether oxygens (including phenoxy) is 1. The molecule has 0 saturated heterocycles. The van der Waals surface area contributed by atoms with Crippen molar-refractivity contribution >= 4 is 5.96 Å². The first kappa shape index (κ1) is 14.3. The van der Waals surface area contributed by atoms with E-state index in [-0.39, 0.29) is 5.82 Å². The zero-order chi connectivity index (χ0) is 15.2. The van der Waals surface area contributed by atoms with Gasteiger partial charge in [0.25, 0.3) is 0 Å². The van der Waals surface area contributed by atoms with Crippen LogP contribution in [0.2, 0.25) is 0 Å². The van der Waals surface area contributed by atoms with E-state index in [0.717, 1.165) is 31.0 Å². The molecule has 5 nitrogen and oxygen atoms in total. The highest BCUT2D eigenvalue weighted by atomic mass is 19.1. The monoisotopic (exact) mass is 300 g/mol.